The summed E-state index contributed by atoms with van der Waals surface area (Å²) in [5.74, 6) is 1.16. The largest absolute Gasteiger partial charge is 0.396 e. The molecule has 1 amide bonds. The van der Waals surface area contributed by atoms with Gasteiger partial charge >= 0.3 is 0 Å². The Labute approximate surface area is 132 Å². The average molecular weight is 302 g/mol. The monoisotopic (exact) mass is 302 g/mol. The predicted octanol–water partition coefficient (Wildman–Crippen LogP) is 3.02. The number of para-hydroxylation sites is 2. The van der Waals surface area contributed by atoms with E-state index in [1.165, 1.54) is 19.3 Å². The van der Waals surface area contributed by atoms with Crippen molar-refractivity contribution in [3.8, 4) is 0 Å². The number of piperidine rings is 1. The lowest BCUT2D eigenvalue weighted by Crippen LogP contribution is -2.35. The number of hydrogen-bond donors (Lipinski definition) is 2. The molecule has 0 bridgehead atoms. The number of carbonyl (C=O) groups is 1. The summed E-state index contributed by atoms with van der Waals surface area (Å²) in [6.45, 7) is 2.18. The third-order valence-electron chi connectivity index (χ3n) is 5.09. The third kappa shape index (κ3) is 3.61. The zero-order valence-corrected chi connectivity index (χ0v) is 13.1. The van der Waals surface area contributed by atoms with Crippen molar-refractivity contribution in [1.29, 1.82) is 0 Å². The minimum atomic E-state index is 0.141. The molecule has 0 atom stereocenters. The summed E-state index contributed by atoms with van der Waals surface area (Å²) in [4.78, 5) is 14.5. The van der Waals surface area contributed by atoms with Gasteiger partial charge in [0.1, 0.15) is 0 Å². The molecule has 0 unspecified atom stereocenters. The topological polar surface area (TPSA) is 52.6 Å². The van der Waals surface area contributed by atoms with Crippen LogP contribution >= 0.6 is 0 Å². The Hall–Kier alpha value is -1.55. The summed E-state index contributed by atoms with van der Waals surface area (Å²) in [6.07, 6.45) is 6.35. The Balaban J connectivity index is 1.63. The van der Waals surface area contributed by atoms with Crippen LogP contribution in [0.1, 0.15) is 38.5 Å². The van der Waals surface area contributed by atoms with Crippen molar-refractivity contribution in [2.75, 3.05) is 29.9 Å². The number of aliphatic hydroxyl groups excluding tert-OH is 1. The van der Waals surface area contributed by atoms with Gasteiger partial charge in [-0.25, -0.2) is 0 Å². The number of aliphatic hydroxyl groups is 1. The molecule has 22 heavy (non-hydrogen) atoms. The third-order valence-corrected chi connectivity index (χ3v) is 5.09. The molecule has 0 radical (unpaired) electrons. The van der Waals surface area contributed by atoms with E-state index in [2.05, 4.69) is 16.3 Å². The molecule has 4 nitrogen and oxygen atoms in total. The molecule has 1 aliphatic carbocycles. The quantitative estimate of drug-likeness (QED) is 0.879. The summed E-state index contributed by atoms with van der Waals surface area (Å²) < 4.78 is 0. The van der Waals surface area contributed by atoms with Gasteiger partial charge in [-0.15, -0.1) is 0 Å². The zero-order chi connectivity index (χ0) is 15.4. The second-order valence-corrected chi connectivity index (χ2v) is 6.68. The fourth-order valence-electron chi connectivity index (χ4n) is 3.37. The number of rotatable bonds is 5. The number of amides is 1. The Morgan fingerprint density at radius 3 is 2.50 bits per heavy atom. The van der Waals surface area contributed by atoms with Crippen molar-refractivity contribution in [1.82, 2.24) is 0 Å². The number of carbonyl (C=O) groups excluding carboxylic acids is 1. The van der Waals surface area contributed by atoms with Crippen LogP contribution in [0.5, 0.6) is 0 Å². The Morgan fingerprint density at radius 1 is 1.14 bits per heavy atom. The highest BCUT2D eigenvalue weighted by atomic mass is 16.3. The molecule has 1 saturated heterocycles. The van der Waals surface area contributed by atoms with Gasteiger partial charge in [-0.05, 0) is 49.7 Å². The van der Waals surface area contributed by atoms with E-state index in [-0.39, 0.29) is 12.5 Å². The highest BCUT2D eigenvalue weighted by molar-refractivity contribution is 5.94. The smallest absolute Gasteiger partial charge is 0.224 e. The molecule has 1 aromatic rings. The fourth-order valence-corrected chi connectivity index (χ4v) is 3.37. The maximum absolute atomic E-state index is 12.2. The highest BCUT2D eigenvalue weighted by Crippen LogP contribution is 2.32. The van der Waals surface area contributed by atoms with E-state index in [0.29, 0.717) is 18.3 Å². The van der Waals surface area contributed by atoms with Crippen LogP contribution in [0.3, 0.4) is 0 Å². The van der Waals surface area contributed by atoms with Gasteiger partial charge in [0.15, 0.2) is 0 Å². The van der Waals surface area contributed by atoms with E-state index in [0.717, 1.165) is 37.3 Å². The van der Waals surface area contributed by atoms with Gasteiger partial charge in [-0.1, -0.05) is 18.6 Å². The van der Waals surface area contributed by atoms with Gasteiger partial charge in [-0.2, -0.15) is 0 Å². The first-order valence-corrected chi connectivity index (χ1v) is 8.51. The molecule has 3 rings (SSSR count). The van der Waals surface area contributed by atoms with Crippen LogP contribution < -0.4 is 10.2 Å². The normalized spacial score (nSPS) is 19.8. The Kier molecular flexibility index (Phi) is 4.98. The summed E-state index contributed by atoms with van der Waals surface area (Å²) in [5.41, 5.74) is 2.04. The van der Waals surface area contributed by atoms with Crippen LogP contribution in [0.2, 0.25) is 0 Å². The SMILES string of the molecule is O=C(CC1CCC1)Nc1ccccc1N1CCC(CO)CC1. The van der Waals surface area contributed by atoms with Gasteiger partial charge in [0.25, 0.3) is 0 Å². The molecular formula is C18H26N2O2. The first-order valence-electron chi connectivity index (χ1n) is 8.51. The van der Waals surface area contributed by atoms with E-state index < -0.39 is 0 Å². The maximum atomic E-state index is 12.2. The van der Waals surface area contributed by atoms with E-state index >= 15 is 0 Å². The number of nitrogens with zero attached hydrogens (tertiary/aromatic N) is 1. The summed E-state index contributed by atoms with van der Waals surface area (Å²) >= 11 is 0. The Bertz CT molecular complexity index is 506. The molecule has 2 N–H and O–H groups in total. The summed E-state index contributed by atoms with van der Waals surface area (Å²) in [6, 6.07) is 8.07. The molecule has 1 heterocycles. The van der Waals surface area contributed by atoms with Crippen molar-refractivity contribution in [2.24, 2.45) is 11.8 Å². The molecule has 0 spiro atoms. The molecule has 2 fully saturated rings. The van der Waals surface area contributed by atoms with E-state index in [4.69, 9.17) is 0 Å². The van der Waals surface area contributed by atoms with E-state index in [1.807, 2.05) is 18.2 Å². The number of benzene rings is 1. The molecule has 4 heteroatoms. The van der Waals surface area contributed by atoms with Gasteiger partial charge in [-0.3, -0.25) is 4.79 Å². The van der Waals surface area contributed by atoms with Crippen LogP contribution in [0.25, 0.3) is 0 Å². The second kappa shape index (κ2) is 7.14. The fraction of sp³-hybridized carbons (Fsp3) is 0.611. The predicted molar refractivity (Wildman–Crippen MR) is 89.1 cm³/mol. The Morgan fingerprint density at radius 2 is 1.86 bits per heavy atom. The maximum Gasteiger partial charge on any atom is 0.224 e. The lowest BCUT2D eigenvalue weighted by Gasteiger charge is -2.34. The van der Waals surface area contributed by atoms with Crippen LogP contribution in [-0.2, 0) is 4.79 Å². The van der Waals surface area contributed by atoms with Crippen LogP contribution in [0.4, 0.5) is 11.4 Å². The molecule has 1 aliphatic heterocycles. The molecule has 2 aliphatic rings. The average Bonchev–Trinajstić information content (AvgIpc) is 2.52. The lowest BCUT2D eigenvalue weighted by atomic mass is 9.83. The van der Waals surface area contributed by atoms with Crippen molar-refractivity contribution in [2.45, 2.75) is 38.5 Å². The standard InChI is InChI=1S/C18H26N2O2/c21-13-15-8-10-20(11-9-15)17-7-2-1-6-16(17)19-18(22)12-14-4-3-5-14/h1-2,6-7,14-15,21H,3-5,8-13H2,(H,19,22). The number of nitrogens with one attached hydrogen (secondary N) is 1. The number of anilines is 2. The summed E-state index contributed by atoms with van der Waals surface area (Å²) in [5, 5.41) is 12.4. The van der Waals surface area contributed by atoms with Crippen molar-refractivity contribution < 1.29 is 9.90 Å². The molecule has 0 aromatic heterocycles. The molecular weight excluding hydrogens is 276 g/mol. The summed E-state index contributed by atoms with van der Waals surface area (Å²) in [7, 11) is 0. The number of hydrogen-bond acceptors (Lipinski definition) is 3. The molecule has 1 aromatic carbocycles. The molecule has 1 saturated carbocycles. The van der Waals surface area contributed by atoms with E-state index in [9.17, 15) is 9.90 Å². The zero-order valence-electron chi connectivity index (χ0n) is 13.1. The van der Waals surface area contributed by atoms with Gasteiger partial charge in [0.05, 0.1) is 11.4 Å². The minimum Gasteiger partial charge on any atom is -0.396 e. The van der Waals surface area contributed by atoms with Gasteiger partial charge in [0.2, 0.25) is 5.91 Å². The highest BCUT2D eigenvalue weighted by Gasteiger charge is 2.23. The van der Waals surface area contributed by atoms with Crippen molar-refractivity contribution >= 4 is 17.3 Å². The van der Waals surface area contributed by atoms with Gasteiger partial charge in [0, 0.05) is 26.1 Å². The second-order valence-electron chi connectivity index (χ2n) is 6.68. The van der Waals surface area contributed by atoms with Crippen molar-refractivity contribution in [3.63, 3.8) is 0 Å². The first-order chi connectivity index (χ1) is 10.8. The van der Waals surface area contributed by atoms with Crippen molar-refractivity contribution in [3.05, 3.63) is 24.3 Å². The minimum absolute atomic E-state index is 0.141. The molecule has 120 valence electrons. The van der Waals surface area contributed by atoms with Gasteiger partial charge < -0.3 is 15.3 Å². The van der Waals surface area contributed by atoms with Crippen LogP contribution in [0.15, 0.2) is 24.3 Å². The van der Waals surface area contributed by atoms with E-state index in [1.54, 1.807) is 0 Å². The van der Waals surface area contributed by atoms with Crippen LogP contribution in [-0.4, -0.2) is 30.7 Å². The first kappa shape index (κ1) is 15.3. The lowest BCUT2D eigenvalue weighted by molar-refractivity contribution is -0.117. The van der Waals surface area contributed by atoms with Crippen LogP contribution in [0, 0.1) is 11.8 Å².